The van der Waals surface area contributed by atoms with Gasteiger partial charge in [-0.1, -0.05) is 193 Å². The molecule has 1 unspecified atom stereocenters. The van der Waals surface area contributed by atoms with E-state index in [-0.39, 0.29) is 37.5 Å². The van der Waals surface area contributed by atoms with Crippen molar-refractivity contribution in [2.45, 2.75) is 62.7 Å². The molecule has 9 aromatic carbocycles. The molecule has 85 heavy (non-hydrogen) atoms. The summed E-state index contributed by atoms with van der Waals surface area (Å²) in [5, 5.41) is 13.4. The van der Waals surface area contributed by atoms with Gasteiger partial charge in [0.1, 0.15) is 35.6 Å². The Morgan fingerprint density at radius 2 is 1.00 bits per heavy atom. The summed E-state index contributed by atoms with van der Waals surface area (Å²) in [5.41, 5.74) is 12.3. The Morgan fingerprint density at radius 3 is 1.56 bits per heavy atom. The van der Waals surface area contributed by atoms with E-state index in [1.54, 1.807) is 39.5 Å². The van der Waals surface area contributed by atoms with Crippen LogP contribution in [0.25, 0.3) is 11.1 Å². The largest absolute Gasteiger partial charge is 0.497 e. The van der Waals surface area contributed by atoms with Gasteiger partial charge in [0.15, 0.2) is 6.61 Å². The van der Waals surface area contributed by atoms with Crippen LogP contribution < -0.4 is 40.2 Å². The third-order valence-corrected chi connectivity index (χ3v) is 15.9. The van der Waals surface area contributed by atoms with Crippen molar-refractivity contribution in [1.29, 1.82) is 0 Å². The van der Waals surface area contributed by atoms with Crippen LogP contribution in [0.5, 0.6) is 23.0 Å². The molecule has 0 heterocycles. The second-order valence-electron chi connectivity index (χ2n) is 21.4. The quantitative estimate of drug-likeness (QED) is 0.0325. The lowest BCUT2D eigenvalue weighted by molar-refractivity contribution is -0.124. The number of benzene rings is 9. The van der Waals surface area contributed by atoms with Crippen molar-refractivity contribution in [2.24, 2.45) is 0 Å². The minimum Gasteiger partial charge on any atom is -0.497 e. The van der Waals surface area contributed by atoms with Gasteiger partial charge in [-0.05, 0) is 132 Å². The fraction of sp³-hybridized carbons (Fsp3) is 0.219. The van der Waals surface area contributed by atoms with E-state index >= 15 is 4.79 Å². The molecule has 4 N–H and O–H groups in total. The molecule has 0 saturated heterocycles. The number of nitrogens with one attached hydrogen (secondary N) is 4. The standard InChI is InChI=1S/C73H72N4O8/c1-49-27-31-51(32-28-49)69(52-33-29-50(2)30-34-52)76-68(78)48-84-58-39-35-53(36-40-58)70(64-44-43-59(82-4)46-67(64)83-5)77-71(79)66(75-72(80)85-47-65-62-24-14-12-22-60(62)61-23-13-15-25-63(61)65)26-16-17-45-74-73(54-18-8-6-9-19-54,55-20-10-7-11-21-55)56-37-41-57(81-3)42-38-56/h6-15,18-25,27-44,46,65-66,69-70,74H,16-17,26,45,47-48H2,1-5H3,(H,75,80)(H,76,78)(H,77,79)/t66-,70?/m0/s1. The third kappa shape index (κ3) is 13.7. The highest BCUT2D eigenvalue weighted by Gasteiger charge is 2.36. The monoisotopic (exact) mass is 1130 g/mol. The molecule has 1 aliphatic rings. The van der Waals surface area contributed by atoms with Gasteiger partial charge in [-0.15, -0.1) is 0 Å². The molecule has 0 spiro atoms. The molecule has 12 heteroatoms. The lowest BCUT2D eigenvalue weighted by atomic mass is 9.77. The predicted octanol–water partition coefficient (Wildman–Crippen LogP) is 13.5. The molecule has 9 aromatic rings. The van der Waals surface area contributed by atoms with Gasteiger partial charge in [-0.2, -0.15) is 0 Å². The maximum Gasteiger partial charge on any atom is 0.407 e. The summed E-state index contributed by atoms with van der Waals surface area (Å²) >= 11 is 0. The molecule has 10 rings (SSSR count). The lowest BCUT2D eigenvalue weighted by Crippen LogP contribution is -2.48. The number of alkyl carbamates (subject to hydrolysis) is 1. The van der Waals surface area contributed by atoms with Gasteiger partial charge < -0.3 is 39.6 Å². The number of unbranched alkanes of at least 4 members (excludes halogenated alkanes) is 1. The van der Waals surface area contributed by atoms with Gasteiger partial charge in [0.25, 0.3) is 5.91 Å². The molecular weight excluding hydrogens is 1060 g/mol. The molecule has 432 valence electrons. The Hall–Kier alpha value is -9.65. The molecule has 0 aliphatic heterocycles. The number of carbonyl (C=O) groups excluding carboxylic acids is 3. The van der Waals surface area contributed by atoms with Crippen molar-refractivity contribution in [3.8, 4) is 34.1 Å². The topological polar surface area (TPSA) is 145 Å². The lowest BCUT2D eigenvalue weighted by Gasteiger charge is -2.37. The molecule has 0 saturated carbocycles. The first-order chi connectivity index (χ1) is 41.5. The normalized spacial score (nSPS) is 12.5. The maximum absolute atomic E-state index is 15.2. The van der Waals surface area contributed by atoms with Gasteiger partial charge >= 0.3 is 6.09 Å². The van der Waals surface area contributed by atoms with E-state index in [2.05, 4.69) is 81.9 Å². The summed E-state index contributed by atoms with van der Waals surface area (Å²) in [7, 11) is 4.81. The van der Waals surface area contributed by atoms with E-state index in [1.807, 2.05) is 159 Å². The fourth-order valence-corrected chi connectivity index (χ4v) is 11.4. The van der Waals surface area contributed by atoms with E-state index in [4.69, 9.17) is 23.7 Å². The molecule has 0 radical (unpaired) electrons. The van der Waals surface area contributed by atoms with E-state index in [1.165, 1.54) is 0 Å². The number of fused-ring (bicyclic) bond motifs is 3. The Labute approximate surface area is 498 Å². The average Bonchev–Trinajstić information content (AvgIpc) is 3.70. The van der Waals surface area contributed by atoms with Crippen molar-refractivity contribution >= 4 is 17.9 Å². The molecular formula is C73H72N4O8. The molecule has 3 amide bonds. The van der Waals surface area contributed by atoms with Crippen molar-refractivity contribution in [3.63, 3.8) is 0 Å². The smallest absolute Gasteiger partial charge is 0.407 e. The second kappa shape index (κ2) is 27.6. The van der Waals surface area contributed by atoms with Crippen LogP contribution in [0.3, 0.4) is 0 Å². The van der Waals surface area contributed by atoms with E-state index in [0.717, 1.165) is 66.9 Å². The first-order valence-corrected chi connectivity index (χ1v) is 28.8. The summed E-state index contributed by atoms with van der Waals surface area (Å²) in [6.07, 6.45) is 0.755. The zero-order valence-corrected chi connectivity index (χ0v) is 48.7. The number of carbonyl (C=O) groups is 3. The van der Waals surface area contributed by atoms with Gasteiger partial charge in [0, 0.05) is 17.5 Å². The first-order valence-electron chi connectivity index (χ1n) is 28.8. The van der Waals surface area contributed by atoms with Crippen molar-refractivity contribution < 1.29 is 38.1 Å². The van der Waals surface area contributed by atoms with Crippen LogP contribution in [0.2, 0.25) is 0 Å². The number of amides is 3. The second-order valence-corrected chi connectivity index (χ2v) is 21.4. The summed E-state index contributed by atoms with van der Waals surface area (Å²) < 4.78 is 29.3. The van der Waals surface area contributed by atoms with E-state index in [0.29, 0.717) is 47.8 Å². The fourth-order valence-electron chi connectivity index (χ4n) is 11.4. The number of hydrogen-bond donors (Lipinski definition) is 4. The SMILES string of the molecule is COc1ccc(C(NCCCC[C@H](NC(=O)OCC2c3ccccc3-c3ccccc32)C(=O)NC(c2ccc(OCC(=O)NC(c3ccc(C)cc3)c3ccc(C)cc3)cc2)c2ccc(OC)cc2OC)(c2ccccc2)c2ccccc2)cc1. The van der Waals surface area contributed by atoms with Crippen molar-refractivity contribution in [1.82, 2.24) is 21.3 Å². The number of methoxy groups -OCH3 is 3. The Kier molecular flexibility index (Phi) is 19.0. The van der Waals surface area contributed by atoms with E-state index < -0.39 is 29.6 Å². The van der Waals surface area contributed by atoms with E-state index in [9.17, 15) is 9.59 Å². The maximum atomic E-state index is 15.2. The first kappa shape index (κ1) is 58.5. The van der Waals surface area contributed by atoms with Crippen LogP contribution in [-0.4, -0.2) is 65.0 Å². The summed E-state index contributed by atoms with van der Waals surface area (Å²) in [6.45, 7) is 4.46. The van der Waals surface area contributed by atoms with Crippen LogP contribution in [0.4, 0.5) is 4.79 Å². The molecule has 2 atom stereocenters. The number of aryl methyl sites for hydroxylation is 2. The number of ether oxygens (including phenoxy) is 5. The molecule has 0 fully saturated rings. The molecule has 0 aromatic heterocycles. The number of hydrogen-bond acceptors (Lipinski definition) is 9. The highest BCUT2D eigenvalue weighted by atomic mass is 16.5. The minimum atomic E-state index is -1.03. The Morgan fingerprint density at radius 1 is 0.494 bits per heavy atom. The van der Waals surface area contributed by atoms with Gasteiger partial charge in [0.2, 0.25) is 5.91 Å². The zero-order chi connectivity index (χ0) is 59.1. The highest BCUT2D eigenvalue weighted by Crippen LogP contribution is 2.45. The minimum absolute atomic E-state index is 0.0758. The van der Waals surface area contributed by atoms with Crippen molar-refractivity contribution in [2.75, 3.05) is 41.1 Å². The van der Waals surface area contributed by atoms with Crippen LogP contribution in [0.1, 0.15) is 98.5 Å². The van der Waals surface area contributed by atoms with Crippen LogP contribution in [-0.2, 0) is 19.9 Å². The third-order valence-electron chi connectivity index (χ3n) is 15.9. The molecule has 12 nitrogen and oxygen atoms in total. The van der Waals surface area contributed by atoms with Crippen LogP contribution in [0, 0.1) is 13.8 Å². The highest BCUT2D eigenvalue weighted by molar-refractivity contribution is 5.86. The van der Waals surface area contributed by atoms with Gasteiger partial charge in [-0.3, -0.25) is 14.9 Å². The summed E-state index contributed by atoms with van der Waals surface area (Å²) in [5.74, 6) is 1.34. The van der Waals surface area contributed by atoms with Crippen molar-refractivity contribution in [3.05, 3.63) is 286 Å². The summed E-state index contributed by atoms with van der Waals surface area (Å²) in [6, 6.07) is 71.9. The molecule has 1 aliphatic carbocycles. The predicted molar refractivity (Wildman–Crippen MR) is 333 cm³/mol. The Bertz CT molecular complexity index is 3540. The number of rotatable bonds is 25. The Balaban J connectivity index is 0.895. The molecule has 0 bridgehead atoms. The zero-order valence-electron chi connectivity index (χ0n) is 48.7. The van der Waals surface area contributed by atoms with Crippen LogP contribution in [0.15, 0.2) is 224 Å². The average molecular weight is 1130 g/mol. The summed E-state index contributed by atoms with van der Waals surface area (Å²) in [4.78, 5) is 43.1. The van der Waals surface area contributed by atoms with Gasteiger partial charge in [0.05, 0.1) is 39.0 Å². The van der Waals surface area contributed by atoms with Gasteiger partial charge in [-0.25, -0.2) is 4.79 Å². The van der Waals surface area contributed by atoms with Crippen LogP contribution >= 0.6 is 0 Å².